The molecule has 0 aliphatic carbocycles. The molecule has 0 spiro atoms. The van der Waals surface area contributed by atoms with E-state index in [0.29, 0.717) is 35.8 Å². The van der Waals surface area contributed by atoms with Crippen LogP contribution in [0.1, 0.15) is 29.2 Å². The van der Waals surface area contributed by atoms with E-state index in [1.807, 2.05) is 4.90 Å². The van der Waals surface area contributed by atoms with E-state index >= 15 is 8.78 Å². The van der Waals surface area contributed by atoms with E-state index in [1.165, 1.54) is 16.8 Å². The molecule has 4 heterocycles. The van der Waals surface area contributed by atoms with Gasteiger partial charge in [-0.05, 0) is 19.8 Å². The fourth-order valence-electron chi connectivity index (χ4n) is 3.40. The molecule has 0 unspecified atom stereocenters. The second-order valence-electron chi connectivity index (χ2n) is 7.05. The van der Waals surface area contributed by atoms with Gasteiger partial charge in [-0.1, -0.05) is 45.9 Å². The topological polar surface area (TPSA) is 98.6 Å². The van der Waals surface area contributed by atoms with Gasteiger partial charge in [0.2, 0.25) is 5.82 Å². The first kappa shape index (κ1) is 18.5. The van der Waals surface area contributed by atoms with Gasteiger partial charge in [-0.2, -0.15) is 8.78 Å². The summed E-state index contributed by atoms with van der Waals surface area (Å²) in [7, 11) is 0. The quantitative estimate of drug-likeness (QED) is 0.494. The van der Waals surface area contributed by atoms with Crippen molar-refractivity contribution in [1.29, 1.82) is 0 Å². The van der Waals surface area contributed by atoms with Crippen molar-refractivity contribution in [2.45, 2.75) is 25.8 Å². The van der Waals surface area contributed by atoms with E-state index < -0.39 is 11.7 Å². The van der Waals surface area contributed by atoms with Gasteiger partial charge >= 0.3 is 5.92 Å². The zero-order valence-corrected chi connectivity index (χ0v) is 16.0. The molecular weight excluding hydrogens is 394 g/mol. The van der Waals surface area contributed by atoms with Crippen molar-refractivity contribution in [2.24, 2.45) is 0 Å². The first-order valence-corrected chi connectivity index (χ1v) is 9.43. The predicted molar refractivity (Wildman–Crippen MR) is 102 cm³/mol. The molecule has 5 rings (SSSR count). The maximum atomic E-state index is 15.3. The largest absolute Gasteiger partial charge is 0.354 e. The van der Waals surface area contributed by atoms with Gasteiger partial charge in [0.25, 0.3) is 0 Å². The number of hydrogen-bond acceptors (Lipinski definition) is 8. The van der Waals surface area contributed by atoms with Crippen molar-refractivity contribution >= 4 is 17.0 Å². The zero-order chi connectivity index (χ0) is 20.7. The first-order chi connectivity index (χ1) is 14.5. The van der Waals surface area contributed by atoms with Crippen molar-refractivity contribution in [1.82, 2.24) is 35.3 Å². The minimum Gasteiger partial charge on any atom is -0.354 e. The van der Waals surface area contributed by atoms with Crippen LogP contribution in [0.3, 0.4) is 0 Å². The molecule has 1 aliphatic rings. The van der Waals surface area contributed by atoms with E-state index in [1.54, 1.807) is 25.1 Å². The average Bonchev–Trinajstić information content (AvgIpc) is 3.51. The number of halogens is 2. The van der Waals surface area contributed by atoms with E-state index in [9.17, 15) is 0 Å². The standard InChI is InChI=1S/C19H17F2N8O/c1-12-14(26-30-25-12)11-29-17-15(24-27-29)16(28-9-5-6-10-28)22-18(23-17)19(20,21)13-7-3-2-4-8-13/h2-5,7-8H,6,9-11H2,1H3. The van der Waals surface area contributed by atoms with Crippen molar-refractivity contribution in [3.8, 4) is 0 Å². The SMILES string of the molecule is Cc1nonc1Cn1nnc2c(N3C[CH]CC3)nc(C(F)(F)c3ccccc3)nc21. The third-order valence-electron chi connectivity index (χ3n) is 5.06. The lowest BCUT2D eigenvalue weighted by atomic mass is 10.1. The van der Waals surface area contributed by atoms with E-state index in [2.05, 4.69) is 37.0 Å². The van der Waals surface area contributed by atoms with Crippen LogP contribution >= 0.6 is 0 Å². The average molecular weight is 411 g/mol. The molecule has 1 aliphatic heterocycles. The van der Waals surface area contributed by atoms with Crippen LogP contribution in [0, 0.1) is 13.3 Å². The summed E-state index contributed by atoms with van der Waals surface area (Å²) in [5, 5.41) is 15.9. The maximum Gasteiger partial charge on any atom is 0.331 e. The van der Waals surface area contributed by atoms with E-state index in [-0.39, 0.29) is 17.8 Å². The molecule has 0 bridgehead atoms. The van der Waals surface area contributed by atoms with Crippen LogP contribution in [0.5, 0.6) is 0 Å². The number of nitrogens with zero attached hydrogens (tertiary/aromatic N) is 8. The summed E-state index contributed by atoms with van der Waals surface area (Å²) in [5.74, 6) is -3.63. The van der Waals surface area contributed by atoms with Crippen LogP contribution in [0.25, 0.3) is 11.2 Å². The second-order valence-corrected chi connectivity index (χ2v) is 7.05. The Morgan fingerprint density at radius 1 is 1.13 bits per heavy atom. The smallest absolute Gasteiger partial charge is 0.331 e. The molecule has 1 aromatic carbocycles. The Morgan fingerprint density at radius 2 is 1.97 bits per heavy atom. The molecule has 4 aromatic rings. The van der Waals surface area contributed by atoms with E-state index in [4.69, 9.17) is 4.63 Å². The van der Waals surface area contributed by atoms with Gasteiger partial charge in [-0.3, -0.25) is 0 Å². The van der Waals surface area contributed by atoms with Gasteiger partial charge in [-0.15, -0.1) is 5.10 Å². The summed E-state index contributed by atoms with van der Waals surface area (Å²) in [6, 6.07) is 7.52. The Bertz CT molecular complexity index is 1180. The summed E-state index contributed by atoms with van der Waals surface area (Å²) in [6.07, 6.45) is 2.91. The van der Waals surface area contributed by atoms with Crippen molar-refractivity contribution < 1.29 is 13.4 Å². The highest BCUT2D eigenvalue weighted by molar-refractivity contribution is 5.83. The molecule has 1 saturated heterocycles. The molecule has 0 atom stereocenters. The summed E-state index contributed by atoms with van der Waals surface area (Å²) >= 11 is 0. The molecule has 11 heteroatoms. The van der Waals surface area contributed by atoms with Gasteiger partial charge in [0.1, 0.15) is 11.4 Å². The monoisotopic (exact) mass is 411 g/mol. The number of benzene rings is 1. The lowest BCUT2D eigenvalue weighted by molar-refractivity contribution is 0.0332. The number of anilines is 1. The van der Waals surface area contributed by atoms with Crippen molar-refractivity contribution in [2.75, 3.05) is 18.0 Å². The fraction of sp³-hybridized carbons (Fsp3) is 0.316. The van der Waals surface area contributed by atoms with Crippen molar-refractivity contribution in [3.63, 3.8) is 0 Å². The molecule has 0 amide bonds. The van der Waals surface area contributed by atoms with Crippen molar-refractivity contribution in [3.05, 3.63) is 59.5 Å². The van der Waals surface area contributed by atoms with Gasteiger partial charge in [0, 0.05) is 18.7 Å². The molecule has 1 fully saturated rings. The number of fused-ring (bicyclic) bond motifs is 1. The maximum absolute atomic E-state index is 15.3. The highest BCUT2D eigenvalue weighted by atomic mass is 19.3. The predicted octanol–water partition coefficient (Wildman–Crippen LogP) is 2.52. The highest BCUT2D eigenvalue weighted by Gasteiger charge is 2.39. The van der Waals surface area contributed by atoms with Crippen LogP contribution in [0.2, 0.25) is 0 Å². The van der Waals surface area contributed by atoms with Gasteiger partial charge in [-0.25, -0.2) is 19.3 Å². The molecule has 1 radical (unpaired) electrons. The lowest BCUT2D eigenvalue weighted by Crippen LogP contribution is -2.25. The minimum absolute atomic E-state index is 0.144. The van der Waals surface area contributed by atoms with Crippen LogP contribution in [0.4, 0.5) is 14.6 Å². The number of alkyl halides is 2. The Kier molecular flexibility index (Phi) is 4.37. The molecule has 9 nitrogen and oxygen atoms in total. The summed E-state index contributed by atoms with van der Waals surface area (Å²) in [5.41, 5.74) is 1.50. The Morgan fingerprint density at radius 3 is 2.67 bits per heavy atom. The summed E-state index contributed by atoms with van der Waals surface area (Å²) in [4.78, 5) is 10.3. The lowest BCUT2D eigenvalue weighted by Gasteiger charge is -2.20. The van der Waals surface area contributed by atoms with Gasteiger partial charge in [0.05, 0.1) is 6.54 Å². The Balaban J connectivity index is 1.67. The molecule has 30 heavy (non-hydrogen) atoms. The van der Waals surface area contributed by atoms with Gasteiger partial charge in [0.15, 0.2) is 17.0 Å². The van der Waals surface area contributed by atoms with Crippen LogP contribution in [0.15, 0.2) is 35.0 Å². The third-order valence-corrected chi connectivity index (χ3v) is 5.06. The molecule has 153 valence electrons. The van der Waals surface area contributed by atoms with Crippen LogP contribution in [-0.2, 0) is 12.5 Å². The number of rotatable bonds is 5. The number of aryl methyl sites for hydroxylation is 1. The van der Waals surface area contributed by atoms with E-state index in [0.717, 1.165) is 6.42 Å². The van der Waals surface area contributed by atoms with Crippen LogP contribution < -0.4 is 4.90 Å². The molecule has 0 saturated carbocycles. The molecule has 0 N–H and O–H groups in total. The zero-order valence-electron chi connectivity index (χ0n) is 16.0. The Labute approximate surface area is 169 Å². The second kappa shape index (κ2) is 7.08. The highest BCUT2D eigenvalue weighted by Crippen LogP contribution is 2.36. The molecular formula is C19H17F2N8O. The third kappa shape index (κ3) is 3.06. The Hall–Kier alpha value is -3.50. The van der Waals surface area contributed by atoms with Gasteiger partial charge < -0.3 is 4.90 Å². The molecule has 3 aromatic heterocycles. The number of aromatic nitrogens is 7. The minimum atomic E-state index is -3.38. The summed E-state index contributed by atoms with van der Waals surface area (Å²) < 4.78 is 36.8. The first-order valence-electron chi connectivity index (χ1n) is 9.43. The fourth-order valence-corrected chi connectivity index (χ4v) is 3.40. The summed E-state index contributed by atoms with van der Waals surface area (Å²) in [6.45, 7) is 3.15. The van der Waals surface area contributed by atoms with Crippen LogP contribution in [-0.4, -0.2) is 48.4 Å². The number of hydrogen-bond donors (Lipinski definition) is 0. The normalized spacial score (nSPS) is 14.7.